The van der Waals surface area contributed by atoms with Crippen molar-refractivity contribution in [3.8, 4) is 0 Å². The predicted octanol–water partition coefficient (Wildman–Crippen LogP) is 2.77. The van der Waals surface area contributed by atoms with Gasteiger partial charge in [0.05, 0.1) is 0 Å². The lowest BCUT2D eigenvalue weighted by atomic mass is 10.1. The molecule has 0 unspecified atom stereocenters. The first-order valence-electron chi connectivity index (χ1n) is 8.66. The van der Waals surface area contributed by atoms with Gasteiger partial charge in [0.1, 0.15) is 5.82 Å². The highest BCUT2D eigenvalue weighted by atomic mass is 16.2. The van der Waals surface area contributed by atoms with Gasteiger partial charge in [-0.25, -0.2) is 9.78 Å². The molecule has 25 heavy (non-hydrogen) atoms. The third-order valence-corrected chi connectivity index (χ3v) is 4.47. The number of likely N-dealkylation sites (tertiary alicyclic amines) is 1. The maximum absolute atomic E-state index is 12.4. The number of nitrogens with one attached hydrogen (secondary N) is 1. The number of carbonyl (C=O) groups excluding carboxylic acids is 1. The van der Waals surface area contributed by atoms with Gasteiger partial charge >= 0.3 is 6.03 Å². The summed E-state index contributed by atoms with van der Waals surface area (Å²) in [5.41, 5.74) is 2.30. The summed E-state index contributed by atoms with van der Waals surface area (Å²) in [5, 5.41) is 2.89. The Morgan fingerprint density at radius 2 is 2.28 bits per heavy atom. The third kappa shape index (κ3) is 5.00. The minimum absolute atomic E-state index is 0.0597. The van der Waals surface area contributed by atoms with E-state index in [2.05, 4.69) is 33.3 Å². The van der Waals surface area contributed by atoms with Gasteiger partial charge in [0.15, 0.2) is 0 Å². The summed E-state index contributed by atoms with van der Waals surface area (Å²) in [6.45, 7) is 5.42. The van der Waals surface area contributed by atoms with E-state index in [0.29, 0.717) is 11.7 Å². The van der Waals surface area contributed by atoms with Gasteiger partial charge in [-0.1, -0.05) is 6.07 Å². The molecule has 132 valence electrons. The Hall–Kier alpha value is -2.47. The molecule has 1 aliphatic rings. The highest BCUT2D eigenvalue weighted by molar-refractivity contribution is 5.88. The summed E-state index contributed by atoms with van der Waals surface area (Å²) in [6.07, 6.45) is 6.44. The molecule has 1 fully saturated rings. The van der Waals surface area contributed by atoms with Crippen LogP contribution < -0.4 is 5.32 Å². The lowest BCUT2D eigenvalue weighted by Crippen LogP contribution is -2.34. The second-order valence-electron chi connectivity index (χ2n) is 6.81. The second kappa shape index (κ2) is 8.07. The molecule has 1 saturated heterocycles. The second-order valence-corrected chi connectivity index (χ2v) is 6.81. The zero-order valence-electron chi connectivity index (χ0n) is 14.9. The van der Waals surface area contributed by atoms with Gasteiger partial charge in [0.25, 0.3) is 0 Å². The summed E-state index contributed by atoms with van der Waals surface area (Å²) in [7, 11) is 2.12. The molecule has 1 aliphatic heterocycles. The van der Waals surface area contributed by atoms with Crippen LogP contribution >= 0.6 is 0 Å². The largest absolute Gasteiger partial charge is 0.324 e. The van der Waals surface area contributed by atoms with Gasteiger partial charge < -0.3 is 9.80 Å². The van der Waals surface area contributed by atoms with Crippen LogP contribution in [0, 0.1) is 12.8 Å². The lowest BCUT2D eigenvalue weighted by molar-refractivity contribution is 0.216. The first-order valence-corrected chi connectivity index (χ1v) is 8.66. The molecule has 2 aromatic heterocycles. The summed E-state index contributed by atoms with van der Waals surface area (Å²) in [5.74, 6) is 1.11. The predicted molar refractivity (Wildman–Crippen MR) is 98.2 cm³/mol. The molecule has 0 radical (unpaired) electrons. The number of nitrogens with zero attached hydrogens (tertiary/aromatic N) is 4. The average Bonchev–Trinajstić information content (AvgIpc) is 3.04. The first kappa shape index (κ1) is 17.4. The van der Waals surface area contributed by atoms with Crippen molar-refractivity contribution >= 4 is 11.8 Å². The van der Waals surface area contributed by atoms with Crippen molar-refractivity contribution in [3.05, 3.63) is 54.0 Å². The van der Waals surface area contributed by atoms with E-state index in [1.54, 1.807) is 12.4 Å². The van der Waals surface area contributed by atoms with Crippen molar-refractivity contribution in [2.75, 3.05) is 32.0 Å². The molecule has 3 rings (SSSR count). The average molecular weight is 339 g/mol. The van der Waals surface area contributed by atoms with Gasteiger partial charge in [-0.3, -0.25) is 10.3 Å². The van der Waals surface area contributed by atoms with Crippen LogP contribution in [-0.2, 0) is 6.54 Å². The Balaban J connectivity index is 1.47. The van der Waals surface area contributed by atoms with E-state index in [1.165, 1.54) is 5.56 Å². The van der Waals surface area contributed by atoms with E-state index in [0.717, 1.165) is 38.2 Å². The van der Waals surface area contributed by atoms with E-state index in [9.17, 15) is 4.79 Å². The topological polar surface area (TPSA) is 61.4 Å². The minimum atomic E-state index is -0.0597. The van der Waals surface area contributed by atoms with Crippen LogP contribution in [0.5, 0.6) is 0 Å². The molecule has 2 amide bonds. The van der Waals surface area contributed by atoms with Crippen molar-refractivity contribution < 1.29 is 4.79 Å². The number of aromatic nitrogens is 2. The molecule has 0 aromatic carbocycles. The quantitative estimate of drug-likeness (QED) is 0.910. The molecular formula is C19H25N5O. The smallest absolute Gasteiger partial charge is 0.323 e. The normalized spacial score (nSPS) is 17.1. The van der Waals surface area contributed by atoms with Gasteiger partial charge in [-0.2, -0.15) is 0 Å². The van der Waals surface area contributed by atoms with Crippen LogP contribution in [0.25, 0.3) is 0 Å². The number of hydrogen-bond acceptors (Lipinski definition) is 4. The molecule has 6 nitrogen and oxygen atoms in total. The number of rotatable bonds is 5. The SMILES string of the molecule is Cc1ccnc(NC(=O)N2CC[C@@H](CN(C)Cc3cccnc3)C2)c1. The Kier molecular flexibility index (Phi) is 5.60. The molecule has 0 saturated carbocycles. The fourth-order valence-corrected chi connectivity index (χ4v) is 3.27. The van der Waals surface area contributed by atoms with Crippen LogP contribution in [0.2, 0.25) is 0 Å². The molecule has 0 aliphatic carbocycles. The molecule has 0 bridgehead atoms. The van der Waals surface area contributed by atoms with Crippen molar-refractivity contribution in [1.82, 2.24) is 19.8 Å². The first-order chi connectivity index (χ1) is 12.1. The summed E-state index contributed by atoms with van der Waals surface area (Å²) in [6, 6.07) is 7.79. The lowest BCUT2D eigenvalue weighted by Gasteiger charge is -2.21. The Morgan fingerprint density at radius 1 is 1.40 bits per heavy atom. The maximum atomic E-state index is 12.4. The number of urea groups is 1. The summed E-state index contributed by atoms with van der Waals surface area (Å²) < 4.78 is 0. The molecule has 2 aromatic rings. The third-order valence-electron chi connectivity index (χ3n) is 4.47. The van der Waals surface area contributed by atoms with Crippen LogP contribution in [0.1, 0.15) is 17.5 Å². The van der Waals surface area contributed by atoms with Crippen LogP contribution in [-0.4, -0.2) is 52.5 Å². The van der Waals surface area contributed by atoms with Crippen molar-refractivity contribution in [1.29, 1.82) is 0 Å². The molecular weight excluding hydrogens is 314 g/mol. The number of hydrogen-bond donors (Lipinski definition) is 1. The maximum Gasteiger partial charge on any atom is 0.323 e. The van der Waals surface area contributed by atoms with Gasteiger partial charge in [0.2, 0.25) is 0 Å². The minimum Gasteiger partial charge on any atom is -0.324 e. The van der Waals surface area contributed by atoms with Crippen molar-refractivity contribution in [2.45, 2.75) is 19.9 Å². The zero-order chi connectivity index (χ0) is 17.6. The molecule has 3 heterocycles. The fourth-order valence-electron chi connectivity index (χ4n) is 3.27. The van der Waals surface area contributed by atoms with E-state index in [-0.39, 0.29) is 6.03 Å². The molecule has 6 heteroatoms. The van der Waals surface area contributed by atoms with E-state index >= 15 is 0 Å². The van der Waals surface area contributed by atoms with Crippen LogP contribution in [0.15, 0.2) is 42.9 Å². The zero-order valence-corrected chi connectivity index (χ0v) is 14.9. The summed E-state index contributed by atoms with van der Waals surface area (Å²) in [4.78, 5) is 24.9. The van der Waals surface area contributed by atoms with Crippen molar-refractivity contribution in [3.63, 3.8) is 0 Å². The molecule has 0 spiro atoms. The number of carbonyl (C=O) groups is 1. The number of amides is 2. The summed E-state index contributed by atoms with van der Waals surface area (Å²) >= 11 is 0. The number of pyridine rings is 2. The van der Waals surface area contributed by atoms with Gasteiger partial charge in [-0.05, 0) is 55.6 Å². The highest BCUT2D eigenvalue weighted by Crippen LogP contribution is 2.19. The van der Waals surface area contributed by atoms with E-state index in [1.807, 2.05) is 36.2 Å². The van der Waals surface area contributed by atoms with Crippen molar-refractivity contribution in [2.24, 2.45) is 5.92 Å². The van der Waals surface area contributed by atoms with Crippen LogP contribution in [0.4, 0.5) is 10.6 Å². The standard InChI is InChI=1S/C19H25N5O/c1-15-5-8-21-18(10-15)22-19(25)24-9-6-17(14-24)13-23(2)12-16-4-3-7-20-11-16/h3-5,7-8,10-11,17H,6,9,12-14H2,1-2H3,(H,21,22,25)/t17-/m0/s1. The Bertz CT molecular complexity index is 706. The van der Waals surface area contributed by atoms with Gasteiger partial charge in [0, 0.05) is 44.8 Å². The fraction of sp³-hybridized carbons (Fsp3) is 0.421. The van der Waals surface area contributed by atoms with Crippen LogP contribution in [0.3, 0.4) is 0 Å². The molecule has 1 N–H and O–H groups in total. The highest BCUT2D eigenvalue weighted by Gasteiger charge is 2.27. The Morgan fingerprint density at radius 3 is 3.04 bits per heavy atom. The van der Waals surface area contributed by atoms with E-state index in [4.69, 9.17) is 0 Å². The Labute approximate surface area is 148 Å². The van der Waals surface area contributed by atoms with E-state index < -0.39 is 0 Å². The molecule has 1 atom stereocenters. The number of aryl methyl sites for hydroxylation is 1. The monoisotopic (exact) mass is 339 g/mol. The van der Waals surface area contributed by atoms with Gasteiger partial charge in [-0.15, -0.1) is 0 Å². The number of anilines is 1.